The first-order valence-electron chi connectivity index (χ1n) is 7.70. The summed E-state index contributed by atoms with van der Waals surface area (Å²) in [5, 5.41) is -0.183. The molecule has 4 rings (SSSR count). The third-order valence-corrected chi connectivity index (χ3v) is 9.98. The van der Waals surface area contributed by atoms with Crippen molar-refractivity contribution in [3.8, 4) is 0 Å². The number of rotatable bonds is 1. The lowest BCUT2D eigenvalue weighted by molar-refractivity contribution is -0.123. The van der Waals surface area contributed by atoms with Crippen molar-refractivity contribution in [3.05, 3.63) is 39.4 Å². The molecule has 4 atom stereocenters. The fourth-order valence-electron chi connectivity index (χ4n) is 4.21. The van der Waals surface area contributed by atoms with E-state index in [2.05, 4.69) is 0 Å². The van der Waals surface area contributed by atoms with Gasteiger partial charge in [0.25, 0.3) is 0 Å². The lowest BCUT2D eigenvalue weighted by Crippen LogP contribution is -2.50. The van der Waals surface area contributed by atoms with Crippen LogP contribution >= 0.6 is 69.6 Å². The minimum absolute atomic E-state index is 0.0916. The monoisotopic (exact) mass is 471 g/mol. The molecular formula is C17H11Cl6NO2. The first-order valence-corrected chi connectivity index (χ1v) is 9.96. The molecule has 26 heavy (non-hydrogen) atoms. The topological polar surface area (TPSA) is 37.4 Å². The molecule has 0 N–H and O–H groups in total. The predicted molar refractivity (Wildman–Crippen MR) is 106 cm³/mol. The summed E-state index contributed by atoms with van der Waals surface area (Å²) in [6, 6.07) is 5.34. The van der Waals surface area contributed by atoms with Crippen molar-refractivity contribution in [2.75, 3.05) is 4.90 Å². The highest BCUT2D eigenvalue weighted by Crippen LogP contribution is 2.77. The van der Waals surface area contributed by atoms with Gasteiger partial charge in [-0.15, -0.1) is 23.2 Å². The normalized spacial score (nSPS) is 37.8. The molecule has 2 aliphatic carbocycles. The maximum Gasteiger partial charge on any atom is 0.240 e. The first-order chi connectivity index (χ1) is 11.9. The number of anilines is 1. The number of nitrogens with zero attached hydrogens (tertiary/aromatic N) is 1. The molecule has 2 fully saturated rings. The van der Waals surface area contributed by atoms with Crippen molar-refractivity contribution in [2.24, 2.45) is 11.8 Å². The number of carbonyl (C=O) groups excluding carboxylic acids is 2. The molecule has 0 spiro atoms. The third kappa shape index (κ3) is 1.77. The molecule has 0 unspecified atom stereocenters. The van der Waals surface area contributed by atoms with Gasteiger partial charge in [0.2, 0.25) is 11.8 Å². The van der Waals surface area contributed by atoms with Crippen LogP contribution in [0.2, 0.25) is 0 Å². The van der Waals surface area contributed by atoms with Gasteiger partial charge in [0, 0.05) is 0 Å². The maximum atomic E-state index is 13.3. The summed E-state index contributed by atoms with van der Waals surface area (Å²) in [6.07, 6.45) is 0. The Morgan fingerprint density at radius 2 is 1.35 bits per heavy atom. The first kappa shape index (κ1) is 19.2. The Labute approximate surface area is 180 Å². The molecule has 3 nitrogen and oxygen atoms in total. The summed E-state index contributed by atoms with van der Waals surface area (Å²) >= 11 is 38.9. The fourth-order valence-corrected chi connectivity index (χ4v) is 7.14. The molecular weight excluding hydrogens is 463 g/mol. The number of amides is 2. The van der Waals surface area contributed by atoms with Gasteiger partial charge in [-0.1, -0.05) is 58.5 Å². The molecule has 3 aliphatic rings. The largest absolute Gasteiger partial charge is 0.274 e. The van der Waals surface area contributed by atoms with Crippen molar-refractivity contribution < 1.29 is 9.59 Å². The molecule has 0 radical (unpaired) electrons. The quantitative estimate of drug-likeness (QED) is 0.412. The lowest BCUT2D eigenvalue weighted by atomic mass is 9.84. The van der Waals surface area contributed by atoms with E-state index < -0.39 is 37.7 Å². The van der Waals surface area contributed by atoms with Gasteiger partial charge in [-0.3, -0.25) is 9.59 Å². The second kappa shape index (κ2) is 5.46. The smallest absolute Gasteiger partial charge is 0.240 e. The van der Waals surface area contributed by atoms with Gasteiger partial charge in [0.05, 0.1) is 27.6 Å². The Hall–Kier alpha value is -0.160. The van der Waals surface area contributed by atoms with Crippen LogP contribution < -0.4 is 4.90 Å². The fraction of sp³-hybridized carbons (Fsp3) is 0.412. The molecule has 2 amide bonds. The molecule has 9 heteroatoms. The maximum absolute atomic E-state index is 13.3. The Kier molecular flexibility index (Phi) is 4.03. The van der Waals surface area contributed by atoms with Crippen molar-refractivity contribution >= 4 is 87.1 Å². The molecule has 0 aromatic heterocycles. The van der Waals surface area contributed by atoms with Crippen LogP contribution in [-0.2, 0) is 9.59 Å². The molecule has 1 aromatic carbocycles. The second-order valence-electron chi connectivity index (χ2n) is 6.81. The van der Waals surface area contributed by atoms with E-state index in [9.17, 15) is 9.59 Å². The highest BCUT2D eigenvalue weighted by molar-refractivity contribution is 6.67. The summed E-state index contributed by atoms with van der Waals surface area (Å²) in [5.41, 5.74) is 2.20. The Morgan fingerprint density at radius 1 is 0.885 bits per heavy atom. The van der Waals surface area contributed by atoms with Crippen molar-refractivity contribution in [1.82, 2.24) is 0 Å². The van der Waals surface area contributed by atoms with Crippen molar-refractivity contribution in [1.29, 1.82) is 0 Å². The second-order valence-corrected chi connectivity index (χ2v) is 10.1. The Bertz CT molecular complexity index is 882. The van der Waals surface area contributed by atoms with Gasteiger partial charge >= 0.3 is 0 Å². The van der Waals surface area contributed by atoms with E-state index >= 15 is 0 Å². The molecule has 138 valence electrons. The summed E-state index contributed by atoms with van der Waals surface area (Å²) in [7, 11) is 0. The lowest BCUT2D eigenvalue weighted by Gasteiger charge is -2.34. The zero-order chi connectivity index (χ0) is 19.4. The summed E-state index contributed by atoms with van der Waals surface area (Å²) in [4.78, 5) is 24.1. The Morgan fingerprint density at radius 3 is 1.81 bits per heavy atom. The number of fused-ring (bicyclic) bond motifs is 5. The van der Waals surface area contributed by atoms with E-state index in [1.54, 1.807) is 12.1 Å². The number of hydrogen-bond donors (Lipinski definition) is 0. The molecule has 1 heterocycles. The van der Waals surface area contributed by atoms with Crippen LogP contribution in [0.3, 0.4) is 0 Å². The number of halogens is 6. The summed E-state index contributed by atoms with van der Waals surface area (Å²) < 4.78 is -1.91. The van der Waals surface area contributed by atoms with E-state index in [-0.39, 0.29) is 10.1 Å². The van der Waals surface area contributed by atoms with Crippen molar-refractivity contribution in [2.45, 2.75) is 27.9 Å². The average Bonchev–Trinajstić information content (AvgIpc) is 2.95. The molecule has 2 bridgehead atoms. The van der Waals surface area contributed by atoms with E-state index in [4.69, 9.17) is 69.6 Å². The standard InChI is InChI=1S/C17H11Cl6NO2/c1-6-4-3-5-8(7(6)2)24-13(25)9-10(14(24)26)16(21)12(19)11(18)15(9,20)17(16,22)23/h3-5,9-10H,1-2H3/t9-,10+,15-,16-/m0/s1. The number of imide groups is 1. The van der Waals surface area contributed by atoms with Crippen molar-refractivity contribution in [3.63, 3.8) is 0 Å². The number of benzene rings is 1. The highest BCUT2D eigenvalue weighted by atomic mass is 35.5. The average molecular weight is 474 g/mol. The predicted octanol–water partition coefficient (Wildman–Crippen LogP) is 5.25. The SMILES string of the molecule is Cc1cccc(N2C(=O)[C@@H]3[C@H](C2=O)[C@]2(Cl)C(Cl)=C(Cl)[C@]3(Cl)C2(Cl)Cl)c1C. The molecule has 1 saturated heterocycles. The van der Waals surface area contributed by atoms with Gasteiger partial charge in [-0.25, -0.2) is 4.90 Å². The van der Waals surface area contributed by atoms with Gasteiger partial charge in [0.1, 0.15) is 9.75 Å². The number of allylic oxidation sites excluding steroid dienone is 2. The van der Waals surface area contributed by atoms with Crippen LogP contribution in [0, 0.1) is 25.7 Å². The zero-order valence-electron chi connectivity index (χ0n) is 13.4. The van der Waals surface area contributed by atoms with Crippen LogP contribution in [0.15, 0.2) is 28.3 Å². The minimum atomic E-state index is -1.91. The van der Waals surface area contributed by atoms with Gasteiger partial charge in [-0.2, -0.15) is 0 Å². The van der Waals surface area contributed by atoms with Crippen LogP contribution in [0.25, 0.3) is 0 Å². The van der Waals surface area contributed by atoms with Crippen LogP contribution in [0.1, 0.15) is 11.1 Å². The van der Waals surface area contributed by atoms with Gasteiger partial charge in [0.15, 0.2) is 4.33 Å². The van der Waals surface area contributed by atoms with Crippen LogP contribution in [0.5, 0.6) is 0 Å². The Balaban J connectivity index is 1.94. The highest BCUT2D eigenvalue weighted by Gasteiger charge is 2.87. The van der Waals surface area contributed by atoms with Crippen LogP contribution in [0.4, 0.5) is 5.69 Å². The molecule has 1 aromatic rings. The van der Waals surface area contributed by atoms with Gasteiger partial charge in [-0.05, 0) is 31.0 Å². The van der Waals surface area contributed by atoms with E-state index in [1.807, 2.05) is 19.9 Å². The number of carbonyl (C=O) groups is 2. The zero-order valence-corrected chi connectivity index (χ0v) is 18.0. The number of alkyl halides is 4. The molecule has 1 saturated carbocycles. The van der Waals surface area contributed by atoms with E-state index in [0.29, 0.717) is 5.69 Å². The van der Waals surface area contributed by atoms with Gasteiger partial charge < -0.3 is 0 Å². The molecule has 1 aliphatic heterocycles. The minimum Gasteiger partial charge on any atom is -0.274 e. The van der Waals surface area contributed by atoms with E-state index in [0.717, 1.165) is 16.0 Å². The van der Waals surface area contributed by atoms with E-state index in [1.165, 1.54) is 0 Å². The summed E-state index contributed by atoms with van der Waals surface area (Å²) in [5.74, 6) is -3.31. The van der Waals surface area contributed by atoms with Crippen LogP contribution in [-0.4, -0.2) is 25.9 Å². The number of hydrogen-bond acceptors (Lipinski definition) is 2. The number of aryl methyl sites for hydroxylation is 1. The summed E-state index contributed by atoms with van der Waals surface area (Å²) in [6.45, 7) is 3.71. The third-order valence-electron chi connectivity index (χ3n) is 5.73.